The summed E-state index contributed by atoms with van der Waals surface area (Å²) < 4.78 is 14.9. The Labute approximate surface area is 167 Å². The summed E-state index contributed by atoms with van der Waals surface area (Å²) in [6.07, 6.45) is 5.01. The lowest BCUT2D eigenvalue weighted by atomic mass is 9.81. The third kappa shape index (κ3) is 3.99. The number of fused-ring (bicyclic) bond motifs is 1. The second kappa shape index (κ2) is 8.03. The molecule has 0 bridgehead atoms. The molecule has 150 valence electrons. The van der Waals surface area contributed by atoms with E-state index in [0.29, 0.717) is 18.0 Å². The summed E-state index contributed by atoms with van der Waals surface area (Å²) in [5.74, 6) is -0.359. The Kier molecular flexibility index (Phi) is 5.29. The fraction of sp³-hybridized carbons (Fsp3) is 0.318. The molecule has 2 amide bonds. The molecule has 0 aliphatic heterocycles. The molecule has 1 aliphatic rings. The summed E-state index contributed by atoms with van der Waals surface area (Å²) in [5.41, 5.74) is 7.45. The first kappa shape index (κ1) is 19.1. The van der Waals surface area contributed by atoms with Crippen LogP contribution in [-0.2, 0) is 4.79 Å². The van der Waals surface area contributed by atoms with Crippen LogP contribution in [0.4, 0.5) is 4.39 Å². The first-order valence-corrected chi connectivity index (χ1v) is 9.83. The van der Waals surface area contributed by atoms with Crippen LogP contribution in [0.15, 0.2) is 48.7 Å². The third-order valence-electron chi connectivity index (χ3n) is 5.73. The molecule has 3 N–H and O–H groups in total. The first-order valence-electron chi connectivity index (χ1n) is 9.83. The maximum Gasteiger partial charge on any atom is 0.252 e. The second-order valence-corrected chi connectivity index (χ2v) is 7.60. The number of carbonyl (C=O) groups excluding carboxylic acids is 2. The topological polar surface area (TPSA) is 90.0 Å². The molecule has 0 saturated heterocycles. The van der Waals surface area contributed by atoms with Gasteiger partial charge in [-0.15, -0.1) is 0 Å². The Morgan fingerprint density at radius 1 is 1.10 bits per heavy atom. The van der Waals surface area contributed by atoms with Crippen LogP contribution in [0.3, 0.4) is 0 Å². The lowest BCUT2D eigenvalue weighted by molar-refractivity contribution is -0.122. The van der Waals surface area contributed by atoms with Crippen LogP contribution < -0.4 is 11.1 Å². The number of benzene rings is 2. The van der Waals surface area contributed by atoms with Crippen LogP contribution in [0.1, 0.15) is 36.0 Å². The number of carbonyl (C=O) groups is 2. The normalized spacial score (nSPS) is 19.2. The van der Waals surface area contributed by atoms with Crippen molar-refractivity contribution in [1.82, 2.24) is 15.1 Å². The highest BCUT2D eigenvalue weighted by atomic mass is 19.1. The highest BCUT2D eigenvalue weighted by molar-refractivity contribution is 6.06. The van der Waals surface area contributed by atoms with Gasteiger partial charge in [-0.25, -0.2) is 9.07 Å². The highest BCUT2D eigenvalue weighted by Gasteiger charge is 2.25. The van der Waals surface area contributed by atoms with Crippen LogP contribution >= 0.6 is 0 Å². The highest BCUT2D eigenvalue weighted by Crippen LogP contribution is 2.28. The minimum atomic E-state index is -0.310. The number of aromatic nitrogens is 2. The summed E-state index contributed by atoms with van der Waals surface area (Å²) in [6, 6.07) is 11.5. The number of rotatable bonds is 5. The molecule has 1 aromatic heterocycles. The summed E-state index contributed by atoms with van der Waals surface area (Å²) in [4.78, 5) is 24.1. The van der Waals surface area contributed by atoms with Gasteiger partial charge in [0.2, 0.25) is 5.91 Å². The van der Waals surface area contributed by atoms with Crippen molar-refractivity contribution in [3.8, 4) is 5.69 Å². The average molecular weight is 394 g/mol. The molecule has 29 heavy (non-hydrogen) atoms. The average Bonchev–Trinajstić information content (AvgIpc) is 3.17. The minimum absolute atomic E-state index is 0.0343. The molecule has 2 aromatic carbocycles. The van der Waals surface area contributed by atoms with Gasteiger partial charge in [-0.3, -0.25) is 9.59 Å². The van der Waals surface area contributed by atoms with Crippen LogP contribution in [-0.4, -0.2) is 28.1 Å². The summed E-state index contributed by atoms with van der Waals surface area (Å²) in [7, 11) is 0. The van der Waals surface area contributed by atoms with Gasteiger partial charge in [0.1, 0.15) is 5.82 Å². The van der Waals surface area contributed by atoms with E-state index in [1.807, 2.05) is 12.1 Å². The number of nitrogens with zero attached hydrogens (tertiary/aromatic N) is 2. The zero-order valence-electron chi connectivity index (χ0n) is 16.0. The van der Waals surface area contributed by atoms with E-state index >= 15 is 0 Å². The van der Waals surface area contributed by atoms with E-state index in [0.717, 1.165) is 42.3 Å². The van der Waals surface area contributed by atoms with Gasteiger partial charge < -0.3 is 11.1 Å². The number of nitrogens with one attached hydrogen (secondary N) is 1. The molecule has 1 aliphatic carbocycles. The zero-order chi connectivity index (χ0) is 20.4. The number of primary amides is 1. The summed E-state index contributed by atoms with van der Waals surface area (Å²) in [6.45, 7) is 0.576. The molecule has 6 nitrogen and oxygen atoms in total. The van der Waals surface area contributed by atoms with Gasteiger partial charge in [0, 0.05) is 17.8 Å². The number of hydrogen-bond donors (Lipinski definition) is 2. The predicted molar refractivity (Wildman–Crippen MR) is 108 cm³/mol. The summed E-state index contributed by atoms with van der Waals surface area (Å²) >= 11 is 0. The molecular weight excluding hydrogens is 371 g/mol. The van der Waals surface area contributed by atoms with Crippen LogP contribution in [0.5, 0.6) is 0 Å². The maximum absolute atomic E-state index is 13.2. The molecule has 1 saturated carbocycles. The van der Waals surface area contributed by atoms with Crippen molar-refractivity contribution in [2.75, 3.05) is 6.54 Å². The van der Waals surface area contributed by atoms with Crippen LogP contribution in [0.2, 0.25) is 0 Å². The fourth-order valence-electron chi connectivity index (χ4n) is 4.02. The lowest BCUT2D eigenvalue weighted by Crippen LogP contribution is -2.34. The molecule has 0 unspecified atom stereocenters. The van der Waals surface area contributed by atoms with Crippen molar-refractivity contribution in [1.29, 1.82) is 0 Å². The van der Waals surface area contributed by atoms with Gasteiger partial charge in [-0.2, -0.15) is 5.10 Å². The van der Waals surface area contributed by atoms with E-state index in [1.165, 1.54) is 12.1 Å². The van der Waals surface area contributed by atoms with Gasteiger partial charge >= 0.3 is 0 Å². The predicted octanol–water partition coefficient (Wildman–Crippen LogP) is 3.19. The standard InChI is InChI=1S/C22H23FN4O2/c23-16-8-10-17(11-9-16)27-20-3-1-2-18(19(20)13-26-27)22(29)25-12-14-4-6-15(7-5-14)21(24)28/h1-3,8-11,13-15H,4-7,12H2,(H2,24,28)(H,25,29). The maximum atomic E-state index is 13.2. The molecular formula is C22H23FN4O2. The SMILES string of the molecule is NC(=O)C1CCC(CNC(=O)c2cccc3c2cnn3-c2ccc(F)cc2)CC1. The molecule has 0 atom stereocenters. The second-order valence-electron chi connectivity index (χ2n) is 7.60. The van der Waals surface area contributed by atoms with Gasteiger partial charge in [0.05, 0.1) is 23.0 Å². The van der Waals surface area contributed by atoms with Gasteiger partial charge in [0.15, 0.2) is 0 Å². The number of nitrogens with two attached hydrogens (primary N) is 1. The number of amides is 2. The van der Waals surface area contributed by atoms with E-state index in [-0.39, 0.29) is 23.5 Å². The first-order chi connectivity index (χ1) is 14.0. The van der Waals surface area contributed by atoms with E-state index < -0.39 is 0 Å². The van der Waals surface area contributed by atoms with Crippen LogP contribution in [0.25, 0.3) is 16.6 Å². The molecule has 0 spiro atoms. The number of hydrogen-bond acceptors (Lipinski definition) is 3. The van der Waals surface area contributed by atoms with Crippen molar-refractivity contribution in [2.45, 2.75) is 25.7 Å². The van der Waals surface area contributed by atoms with Crippen molar-refractivity contribution >= 4 is 22.7 Å². The van der Waals surface area contributed by atoms with Gasteiger partial charge in [0.25, 0.3) is 5.91 Å². The van der Waals surface area contributed by atoms with Gasteiger partial charge in [-0.1, -0.05) is 6.07 Å². The van der Waals surface area contributed by atoms with Crippen molar-refractivity contribution in [3.63, 3.8) is 0 Å². The monoisotopic (exact) mass is 394 g/mol. The van der Waals surface area contributed by atoms with Gasteiger partial charge in [-0.05, 0) is 68.0 Å². The molecule has 1 heterocycles. The van der Waals surface area contributed by atoms with E-state index in [4.69, 9.17) is 5.73 Å². The third-order valence-corrected chi connectivity index (χ3v) is 5.73. The van der Waals surface area contributed by atoms with Crippen molar-refractivity contribution < 1.29 is 14.0 Å². The van der Waals surface area contributed by atoms with E-state index in [1.54, 1.807) is 29.1 Å². The Hall–Kier alpha value is -3.22. The largest absolute Gasteiger partial charge is 0.369 e. The minimum Gasteiger partial charge on any atom is -0.369 e. The Morgan fingerprint density at radius 3 is 2.52 bits per heavy atom. The molecule has 3 aromatic rings. The quantitative estimate of drug-likeness (QED) is 0.696. The summed E-state index contributed by atoms with van der Waals surface area (Å²) in [5, 5.41) is 8.15. The van der Waals surface area contributed by atoms with Crippen LogP contribution in [0, 0.1) is 17.7 Å². The Balaban J connectivity index is 1.47. The van der Waals surface area contributed by atoms with E-state index in [2.05, 4.69) is 10.4 Å². The zero-order valence-corrected chi connectivity index (χ0v) is 16.0. The Bertz CT molecular complexity index is 1040. The number of halogens is 1. The Morgan fingerprint density at radius 2 is 1.83 bits per heavy atom. The van der Waals surface area contributed by atoms with Crippen molar-refractivity contribution in [3.05, 3.63) is 60.0 Å². The van der Waals surface area contributed by atoms with E-state index in [9.17, 15) is 14.0 Å². The molecule has 7 heteroatoms. The van der Waals surface area contributed by atoms with Crippen molar-refractivity contribution in [2.24, 2.45) is 17.6 Å². The molecule has 4 rings (SSSR count). The lowest BCUT2D eigenvalue weighted by Gasteiger charge is -2.26. The molecule has 1 fully saturated rings. The smallest absolute Gasteiger partial charge is 0.252 e. The molecule has 0 radical (unpaired) electrons. The fourth-order valence-corrected chi connectivity index (χ4v) is 4.02.